The summed E-state index contributed by atoms with van der Waals surface area (Å²) >= 11 is 0. The standard InChI is InChI=1S/C25H34N2O3/c1-18(2)26-25(29)21(5)27(17-22-10-7-6-9-20(22)4)24(28)11-8-16-30-23-14-12-19(3)13-15-23/h6-7,9-10,12-15,18,21H,8,11,16-17H2,1-5H3,(H,26,29)/t21-/m0/s1. The minimum absolute atomic E-state index is 0.0262. The quantitative estimate of drug-likeness (QED) is 0.591. The number of nitrogens with zero attached hydrogens (tertiary/aromatic N) is 1. The van der Waals surface area contributed by atoms with Crippen LogP contribution in [0.1, 0.15) is 50.3 Å². The predicted molar refractivity (Wildman–Crippen MR) is 120 cm³/mol. The lowest BCUT2D eigenvalue weighted by Gasteiger charge is -2.30. The summed E-state index contributed by atoms with van der Waals surface area (Å²) in [6, 6.07) is 15.3. The molecule has 0 heterocycles. The maximum atomic E-state index is 13.0. The molecule has 0 aliphatic heterocycles. The molecule has 162 valence electrons. The molecule has 5 heteroatoms. The van der Waals surface area contributed by atoms with Crippen molar-refractivity contribution in [2.45, 2.75) is 66.1 Å². The summed E-state index contributed by atoms with van der Waals surface area (Å²) in [4.78, 5) is 27.3. The van der Waals surface area contributed by atoms with Crippen LogP contribution in [0.15, 0.2) is 48.5 Å². The van der Waals surface area contributed by atoms with Gasteiger partial charge in [0.05, 0.1) is 6.61 Å². The maximum absolute atomic E-state index is 13.0. The van der Waals surface area contributed by atoms with E-state index in [-0.39, 0.29) is 17.9 Å². The van der Waals surface area contributed by atoms with Gasteiger partial charge in [-0.3, -0.25) is 9.59 Å². The summed E-state index contributed by atoms with van der Waals surface area (Å²) < 4.78 is 5.74. The van der Waals surface area contributed by atoms with Gasteiger partial charge >= 0.3 is 0 Å². The molecule has 2 aromatic carbocycles. The molecule has 2 aromatic rings. The second-order valence-corrected chi connectivity index (χ2v) is 8.05. The van der Waals surface area contributed by atoms with Gasteiger partial charge in [0, 0.05) is 19.0 Å². The minimum Gasteiger partial charge on any atom is -0.494 e. The molecule has 5 nitrogen and oxygen atoms in total. The van der Waals surface area contributed by atoms with Gasteiger partial charge in [-0.1, -0.05) is 42.0 Å². The van der Waals surface area contributed by atoms with Crippen LogP contribution in [0, 0.1) is 13.8 Å². The summed E-state index contributed by atoms with van der Waals surface area (Å²) in [6.07, 6.45) is 0.923. The number of amides is 2. The van der Waals surface area contributed by atoms with Crippen LogP contribution in [0.25, 0.3) is 0 Å². The fourth-order valence-electron chi connectivity index (χ4n) is 3.15. The molecule has 0 saturated heterocycles. The fraction of sp³-hybridized carbons (Fsp3) is 0.440. The Morgan fingerprint density at radius 1 is 1.00 bits per heavy atom. The van der Waals surface area contributed by atoms with Gasteiger partial charge in [0.1, 0.15) is 11.8 Å². The number of aryl methyl sites for hydroxylation is 2. The largest absolute Gasteiger partial charge is 0.494 e. The van der Waals surface area contributed by atoms with Gasteiger partial charge in [-0.25, -0.2) is 0 Å². The number of carbonyl (C=O) groups excluding carboxylic acids is 2. The molecule has 2 rings (SSSR count). The summed E-state index contributed by atoms with van der Waals surface area (Å²) in [7, 11) is 0. The molecule has 0 aliphatic carbocycles. The van der Waals surface area contributed by atoms with Crippen molar-refractivity contribution in [1.29, 1.82) is 0 Å². The number of ether oxygens (including phenoxy) is 1. The third kappa shape index (κ3) is 7.21. The third-order valence-corrected chi connectivity index (χ3v) is 5.02. The van der Waals surface area contributed by atoms with Gasteiger partial charge in [0.15, 0.2) is 0 Å². The van der Waals surface area contributed by atoms with Crippen LogP contribution in [-0.4, -0.2) is 35.4 Å². The van der Waals surface area contributed by atoms with E-state index in [1.165, 1.54) is 5.56 Å². The highest BCUT2D eigenvalue weighted by Gasteiger charge is 2.26. The highest BCUT2D eigenvalue weighted by atomic mass is 16.5. The summed E-state index contributed by atoms with van der Waals surface area (Å²) in [5.74, 6) is 0.620. The van der Waals surface area contributed by atoms with Crippen molar-refractivity contribution < 1.29 is 14.3 Å². The van der Waals surface area contributed by atoms with E-state index in [0.717, 1.165) is 16.9 Å². The SMILES string of the molecule is Cc1ccc(OCCCC(=O)N(Cc2ccccc2C)[C@@H](C)C(=O)NC(C)C)cc1. The van der Waals surface area contributed by atoms with Gasteiger partial charge in [-0.05, 0) is 64.3 Å². The van der Waals surface area contributed by atoms with Crippen molar-refractivity contribution >= 4 is 11.8 Å². The molecule has 30 heavy (non-hydrogen) atoms. The fourth-order valence-corrected chi connectivity index (χ4v) is 3.15. The Morgan fingerprint density at radius 2 is 1.67 bits per heavy atom. The van der Waals surface area contributed by atoms with Gasteiger partial charge in [-0.15, -0.1) is 0 Å². The van der Waals surface area contributed by atoms with E-state index in [2.05, 4.69) is 5.32 Å². The van der Waals surface area contributed by atoms with E-state index in [0.29, 0.717) is 26.0 Å². The second-order valence-electron chi connectivity index (χ2n) is 8.05. The Hall–Kier alpha value is -2.82. The zero-order valence-corrected chi connectivity index (χ0v) is 18.8. The van der Waals surface area contributed by atoms with Crippen molar-refractivity contribution in [2.75, 3.05) is 6.61 Å². The van der Waals surface area contributed by atoms with Gasteiger partial charge < -0.3 is 15.0 Å². The number of rotatable bonds is 10. The van der Waals surface area contributed by atoms with Crippen LogP contribution in [-0.2, 0) is 16.1 Å². The van der Waals surface area contributed by atoms with Crippen LogP contribution in [0.3, 0.4) is 0 Å². The molecule has 0 aliphatic rings. The first kappa shape index (κ1) is 23.5. The summed E-state index contributed by atoms with van der Waals surface area (Å²) in [5, 5.41) is 2.91. The minimum atomic E-state index is -0.544. The summed E-state index contributed by atoms with van der Waals surface area (Å²) in [5.41, 5.74) is 3.33. The van der Waals surface area contributed by atoms with Gasteiger partial charge in [-0.2, -0.15) is 0 Å². The lowest BCUT2D eigenvalue weighted by Crippen LogP contribution is -2.49. The predicted octanol–water partition coefficient (Wildman–Crippen LogP) is 4.40. The normalized spacial score (nSPS) is 11.8. The molecule has 0 saturated carbocycles. The average molecular weight is 411 g/mol. The van der Waals surface area contributed by atoms with E-state index in [1.54, 1.807) is 11.8 Å². The molecule has 1 atom stereocenters. The highest BCUT2D eigenvalue weighted by Crippen LogP contribution is 2.16. The first-order valence-electron chi connectivity index (χ1n) is 10.6. The Kier molecular flexibility index (Phi) is 8.90. The lowest BCUT2D eigenvalue weighted by molar-refractivity contribution is -0.141. The third-order valence-electron chi connectivity index (χ3n) is 5.02. The zero-order chi connectivity index (χ0) is 22.1. The van der Waals surface area contributed by atoms with Crippen LogP contribution < -0.4 is 10.1 Å². The molecule has 0 fully saturated rings. The van der Waals surface area contributed by atoms with E-state index in [9.17, 15) is 9.59 Å². The zero-order valence-electron chi connectivity index (χ0n) is 18.8. The topological polar surface area (TPSA) is 58.6 Å². The van der Waals surface area contributed by atoms with E-state index < -0.39 is 6.04 Å². The number of hydrogen-bond donors (Lipinski definition) is 1. The Labute approximate surface area is 180 Å². The van der Waals surface area contributed by atoms with Crippen LogP contribution in [0.2, 0.25) is 0 Å². The second kappa shape index (κ2) is 11.4. The molecule has 0 bridgehead atoms. The monoisotopic (exact) mass is 410 g/mol. The highest BCUT2D eigenvalue weighted by molar-refractivity contribution is 5.87. The van der Waals surface area contributed by atoms with Crippen molar-refractivity contribution in [3.05, 3.63) is 65.2 Å². The van der Waals surface area contributed by atoms with Crippen molar-refractivity contribution in [3.63, 3.8) is 0 Å². The number of carbonyl (C=O) groups is 2. The van der Waals surface area contributed by atoms with Crippen molar-refractivity contribution in [2.24, 2.45) is 0 Å². The first-order chi connectivity index (χ1) is 14.3. The Morgan fingerprint density at radius 3 is 2.30 bits per heavy atom. The summed E-state index contributed by atoms with van der Waals surface area (Å²) in [6.45, 7) is 10.5. The Balaban J connectivity index is 2.00. The number of nitrogens with one attached hydrogen (secondary N) is 1. The maximum Gasteiger partial charge on any atom is 0.242 e. The van der Waals surface area contributed by atoms with E-state index >= 15 is 0 Å². The van der Waals surface area contributed by atoms with Gasteiger partial charge in [0.2, 0.25) is 11.8 Å². The van der Waals surface area contributed by atoms with Crippen LogP contribution >= 0.6 is 0 Å². The van der Waals surface area contributed by atoms with Crippen molar-refractivity contribution in [3.8, 4) is 5.75 Å². The van der Waals surface area contributed by atoms with Gasteiger partial charge in [0.25, 0.3) is 0 Å². The molecular weight excluding hydrogens is 376 g/mol. The smallest absolute Gasteiger partial charge is 0.242 e. The molecule has 0 aromatic heterocycles. The lowest BCUT2D eigenvalue weighted by atomic mass is 10.1. The van der Waals surface area contributed by atoms with Crippen molar-refractivity contribution in [1.82, 2.24) is 10.2 Å². The molecule has 0 spiro atoms. The Bertz CT molecular complexity index is 831. The molecule has 0 radical (unpaired) electrons. The molecule has 2 amide bonds. The van der Waals surface area contributed by atoms with E-state index in [1.807, 2.05) is 76.2 Å². The molecular formula is C25H34N2O3. The number of benzene rings is 2. The first-order valence-corrected chi connectivity index (χ1v) is 10.6. The van der Waals surface area contributed by atoms with Crippen LogP contribution in [0.5, 0.6) is 5.75 Å². The molecule has 0 unspecified atom stereocenters. The number of hydrogen-bond acceptors (Lipinski definition) is 3. The average Bonchev–Trinajstić information content (AvgIpc) is 2.70. The molecule has 1 N–H and O–H groups in total. The van der Waals surface area contributed by atoms with Crippen LogP contribution in [0.4, 0.5) is 0 Å². The van der Waals surface area contributed by atoms with E-state index in [4.69, 9.17) is 4.74 Å².